The summed E-state index contributed by atoms with van der Waals surface area (Å²) in [5, 5.41) is 0. The van der Waals surface area contributed by atoms with Crippen molar-refractivity contribution in [3.05, 3.63) is 29.7 Å². The van der Waals surface area contributed by atoms with Gasteiger partial charge in [-0.1, -0.05) is 0 Å². The van der Waals surface area contributed by atoms with Gasteiger partial charge in [-0.05, 0) is 44.2 Å². The van der Waals surface area contributed by atoms with E-state index < -0.39 is 0 Å². The predicted octanol–water partition coefficient (Wildman–Crippen LogP) is 2.10. The van der Waals surface area contributed by atoms with Crippen LogP contribution >= 0.6 is 0 Å². The number of likely N-dealkylation sites (tertiary alicyclic amines) is 1. The monoisotopic (exact) mass is 191 g/mol. The van der Waals surface area contributed by atoms with Gasteiger partial charge in [0.1, 0.15) is 12.4 Å². The number of rotatable bonds is 4. The van der Waals surface area contributed by atoms with Crippen molar-refractivity contribution in [2.24, 2.45) is 0 Å². The molecule has 0 spiro atoms. The van der Waals surface area contributed by atoms with E-state index in [1.165, 1.54) is 25.9 Å². The highest BCUT2D eigenvalue weighted by molar-refractivity contribution is 5.15. The van der Waals surface area contributed by atoms with Gasteiger partial charge in [0.05, 0.1) is 0 Å². The van der Waals surface area contributed by atoms with E-state index in [2.05, 4.69) is 10.6 Å². The van der Waals surface area contributed by atoms with Crippen molar-refractivity contribution in [1.82, 2.24) is 4.90 Å². The standard InChI is InChI=1S/C12H17NO/c1-2-6-12(7-3-1)14-11-10-13-8-4-5-9-13/h2-3,6H,4-5,7-11H2. The van der Waals surface area contributed by atoms with Crippen molar-refractivity contribution in [1.29, 1.82) is 0 Å². The second-order valence-electron chi connectivity index (χ2n) is 3.77. The van der Waals surface area contributed by atoms with Gasteiger partial charge in [-0.2, -0.15) is 0 Å². The molecule has 2 aliphatic rings. The van der Waals surface area contributed by atoms with Crippen LogP contribution in [0.1, 0.15) is 19.3 Å². The SMILES string of the molecule is C1=CC=C(OCCN2CCCC2)CC=1. The Bertz CT molecular complexity index is 268. The first-order valence-electron chi connectivity index (χ1n) is 5.40. The lowest BCUT2D eigenvalue weighted by Gasteiger charge is -2.16. The Morgan fingerprint density at radius 2 is 2.21 bits per heavy atom. The molecule has 76 valence electrons. The van der Waals surface area contributed by atoms with Crippen molar-refractivity contribution in [3.63, 3.8) is 0 Å². The van der Waals surface area contributed by atoms with E-state index in [4.69, 9.17) is 4.74 Å². The summed E-state index contributed by atoms with van der Waals surface area (Å²) in [6.45, 7) is 4.41. The maximum Gasteiger partial charge on any atom is 0.101 e. The number of hydrogen-bond donors (Lipinski definition) is 0. The molecule has 0 unspecified atom stereocenters. The molecule has 1 heterocycles. The third-order valence-electron chi connectivity index (χ3n) is 2.68. The fraction of sp³-hybridized carbons (Fsp3) is 0.583. The molecule has 0 radical (unpaired) electrons. The van der Waals surface area contributed by atoms with Crippen molar-refractivity contribution < 1.29 is 4.74 Å². The van der Waals surface area contributed by atoms with Crippen molar-refractivity contribution in [2.45, 2.75) is 19.3 Å². The Morgan fingerprint density at radius 3 is 2.93 bits per heavy atom. The number of hydrogen-bond acceptors (Lipinski definition) is 2. The van der Waals surface area contributed by atoms with Gasteiger partial charge in [0.25, 0.3) is 0 Å². The molecule has 2 rings (SSSR count). The van der Waals surface area contributed by atoms with Crippen molar-refractivity contribution in [3.8, 4) is 0 Å². The maximum atomic E-state index is 5.66. The van der Waals surface area contributed by atoms with Crippen molar-refractivity contribution >= 4 is 0 Å². The molecule has 1 aliphatic heterocycles. The summed E-state index contributed by atoms with van der Waals surface area (Å²) in [5.74, 6) is 1.07. The van der Waals surface area contributed by atoms with E-state index in [9.17, 15) is 0 Å². The van der Waals surface area contributed by atoms with Crippen LogP contribution in [-0.2, 0) is 4.74 Å². The van der Waals surface area contributed by atoms with Crippen LogP contribution in [-0.4, -0.2) is 31.1 Å². The van der Waals surface area contributed by atoms with Gasteiger partial charge in [0.2, 0.25) is 0 Å². The molecular formula is C12H17NO. The largest absolute Gasteiger partial charge is 0.496 e. The molecule has 0 aromatic heterocycles. The molecule has 14 heavy (non-hydrogen) atoms. The zero-order valence-electron chi connectivity index (χ0n) is 8.54. The first-order chi connectivity index (χ1) is 6.95. The molecule has 0 amide bonds. The first kappa shape index (κ1) is 9.57. The third-order valence-corrected chi connectivity index (χ3v) is 2.68. The van der Waals surface area contributed by atoms with Gasteiger partial charge in [-0.25, -0.2) is 0 Å². The molecule has 0 bridgehead atoms. The Kier molecular flexibility index (Phi) is 3.44. The Balaban J connectivity index is 1.63. The van der Waals surface area contributed by atoms with Gasteiger partial charge in [0.15, 0.2) is 0 Å². The molecule has 0 aromatic rings. The minimum Gasteiger partial charge on any atom is -0.496 e. The minimum absolute atomic E-state index is 0.827. The smallest absolute Gasteiger partial charge is 0.101 e. The lowest BCUT2D eigenvalue weighted by atomic mass is 10.2. The zero-order chi connectivity index (χ0) is 9.64. The normalized spacial score (nSPS) is 21.3. The molecule has 0 saturated carbocycles. The molecule has 2 heteroatoms. The molecule has 0 N–H and O–H groups in total. The summed E-state index contributed by atoms with van der Waals surface area (Å²) in [6.07, 6.45) is 9.53. The maximum absolute atomic E-state index is 5.66. The van der Waals surface area contributed by atoms with E-state index in [-0.39, 0.29) is 0 Å². The van der Waals surface area contributed by atoms with E-state index in [0.29, 0.717) is 0 Å². The van der Waals surface area contributed by atoms with E-state index in [1.807, 2.05) is 18.2 Å². The summed E-state index contributed by atoms with van der Waals surface area (Å²) in [7, 11) is 0. The number of allylic oxidation sites excluding steroid dienone is 2. The average Bonchev–Trinajstić information content (AvgIpc) is 2.72. The molecule has 2 nitrogen and oxygen atoms in total. The lowest BCUT2D eigenvalue weighted by Crippen LogP contribution is -2.23. The zero-order valence-corrected chi connectivity index (χ0v) is 8.54. The third kappa shape index (κ3) is 2.76. The van der Waals surface area contributed by atoms with Crippen LogP contribution in [0.15, 0.2) is 29.7 Å². The summed E-state index contributed by atoms with van der Waals surface area (Å²) in [4.78, 5) is 2.47. The van der Waals surface area contributed by atoms with Crippen LogP contribution in [0.5, 0.6) is 0 Å². The Labute approximate surface area is 85.5 Å². The van der Waals surface area contributed by atoms with Crippen LogP contribution in [0, 0.1) is 0 Å². The molecule has 0 aromatic carbocycles. The highest BCUT2D eigenvalue weighted by atomic mass is 16.5. The van der Waals surface area contributed by atoms with Crippen LogP contribution in [0.2, 0.25) is 0 Å². The number of nitrogens with zero attached hydrogens (tertiary/aromatic N) is 1. The van der Waals surface area contributed by atoms with Crippen LogP contribution in [0.25, 0.3) is 0 Å². The fourth-order valence-corrected chi connectivity index (χ4v) is 1.86. The van der Waals surface area contributed by atoms with Gasteiger partial charge < -0.3 is 4.74 Å². The first-order valence-corrected chi connectivity index (χ1v) is 5.40. The fourth-order valence-electron chi connectivity index (χ4n) is 1.86. The second kappa shape index (κ2) is 5.04. The van der Waals surface area contributed by atoms with E-state index in [1.54, 1.807) is 0 Å². The molecular weight excluding hydrogens is 174 g/mol. The lowest BCUT2D eigenvalue weighted by molar-refractivity contribution is 0.168. The quantitative estimate of drug-likeness (QED) is 0.631. The van der Waals surface area contributed by atoms with Crippen LogP contribution in [0.4, 0.5) is 0 Å². The van der Waals surface area contributed by atoms with Gasteiger partial charge in [-0.3, -0.25) is 4.90 Å². The summed E-state index contributed by atoms with van der Waals surface area (Å²) in [5.41, 5.74) is 3.03. The second-order valence-corrected chi connectivity index (χ2v) is 3.77. The minimum atomic E-state index is 0.827. The van der Waals surface area contributed by atoms with Crippen LogP contribution in [0.3, 0.4) is 0 Å². The van der Waals surface area contributed by atoms with Gasteiger partial charge in [-0.15, -0.1) is 5.73 Å². The molecule has 1 fully saturated rings. The van der Waals surface area contributed by atoms with Crippen molar-refractivity contribution in [2.75, 3.05) is 26.2 Å². The average molecular weight is 191 g/mol. The van der Waals surface area contributed by atoms with Gasteiger partial charge >= 0.3 is 0 Å². The number of ether oxygens (including phenoxy) is 1. The summed E-state index contributed by atoms with van der Waals surface area (Å²) < 4.78 is 5.66. The molecule has 1 saturated heterocycles. The molecule has 0 atom stereocenters. The summed E-state index contributed by atoms with van der Waals surface area (Å²) in [6, 6.07) is 0. The Morgan fingerprint density at radius 1 is 1.36 bits per heavy atom. The Hall–Kier alpha value is -0.980. The highest BCUT2D eigenvalue weighted by Gasteiger charge is 2.10. The predicted molar refractivity (Wildman–Crippen MR) is 57.0 cm³/mol. The summed E-state index contributed by atoms with van der Waals surface area (Å²) >= 11 is 0. The van der Waals surface area contributed by atoms with E-state index in [0.717, 1.165) is 25.3 Å². The van der Waals surface area contributed by atoms with E-state index >= 15 is 0 Å². The topological polar surface area (TPSA) is 12.5 Å². The highest BCUT2D eigenvalue weighted by Crippen LogP contribution is 2.10. The van der Waals surface area contributed by atoms with Gasteiger partial charge in [0, 0.05) is 13.0 Å². The molecule has 1 aliphatic carbocycles. The van der Waals surface area contributed by atoms with Crippen LogP contribution < -0.4 is 0 Å².